The van der Waals surface area contributed by atoms with Gasteiger partial charge in [0.1, 0.15) is 0 Å². The zero-order chi connectivity index (χ0) is 19.5. The molecule has 1 amide bonds. The summed E-state index contributed by atoms with van der Waals surface area (Å²) in [6, 6.07) is 16.4. The molecule has 0 aliphatic carbocycles. The number of nitrogens with one attached hydrogen (secondary N) is 1. The van der Waals surface area contributed by atoms with Crippen molar-refractivity contribution < 1.29 is 4.79 Å². The van der Waals surface area contributed by atoms with Crippen molar-refractivity contribution in [2.75, 3.05) is 19.6 Å². The molecule has 4 rings (SSSR count). The molecular weight excluding hydrogens is 370 g/mol. The minimum Gasteiger partial charge on any atom is -0.354 e. The van der Waals surface area contributed by atoms with Gasteiger partial charge in [-0.05, 0) is 55.3 Å². The van der Waals surface area contributed by atoms with Crippen molar-refractivity contribution in [3.8, 4) is 0 Å². The van der Waals surface area contributed by atoms with Crippen LogP contribution in [0.1, 0.15) is 30.0 Å². The Kier molecular flexibility index (Phi) is 5.69. The lowest BCUT2D eigenvalue weighted by molar-refractivity contribution is -0.120. The topological polar surface area (TPSA) is 37.3 Å². The van der Waals surface area contributed by atoms with Crippen molar-refractivity contribution in [1.82, 2.24) is 14.8 Å². The number of amides is 1. The maximum atomic E-state index is 12.7. The fourth-order valence-corrected chi connectivity index (χ4v) is 4.44. The molecule has 1 unspecified atom stereocenters. The molecule has 2 heterocycles. The van der Waals surface area contributed by atoms with Crippen LogP contribution in [-0.2, 0) is 18.3 Å². The number of aryl methyl sites for hydroxylation is 1. The van der Waals surface area contributed by atoms with E-state index in [1.165, 1.54) is 18.4 Å². The second-order valence-electron chi connectivity index (χ2n) is 7.58. The monoisotopic (exact) mass is 395 g/mol. The Labute approximate surface area is 171 Å². The van der Waals surface area contributed by atoms with E-state index in [2.05, 4.69) is 39.2 Å². The fraction of sp³-hybridized carbons (Fsp3) is 0.348. The van der Waals surface area contributed by atoms with Crippen LogP contribution in [0.25, 0.3) is 10.9 Å². The lowest BCUT2D eigenvalue weighted by atomic mass is 10.1. The maximum absolute atomic E-state index is 12.7. The van der Waals surface area contributed by atoms with Crippen molar-refractivity contribution in [1.29, 1.82) is 0 Å². The molecule has 0 bridgehead atoms. The van der Waals surface area contributed by atoms with E-state index in [1.54, 1.807) is 0 Å². The van der Waals surface area contributed by atoms with Gasteiger partial charge >= 0.3 is 0 Å². The number of likely N-dealkylation sites (tertiary alicyclic amines) is 1. The molecule has 1 aliphatic heterocycles. The number of benzene rings is 2. The predicted molar refractivity (Wildman–Crippen MR) is 115 cm³/mol. The quantitative estimate of drug-likeness (QED) is 0.674. The van der Waals surface area contributed by atoms with E-state index in [9.17, 15) is 4.79 Å². The summed E-state index contributed by atoms with van der Waals surface area (Å²) in [6.45, 7) is 2.73. The number of nitrogens with zero attached hydrogens (tertiary/aromatic N) is 2. The average molecular weight is 396 g/mol. The number of hydrogen-bond acceptors (Lipinski definition) is 2. The third kappa shape index (κ3) is 4.08. The summed E-state index contributed by atoms with van der Waals surface area (Å²) < 4.78 is 2.08. The molecule has 3 aromatic rings. The van der Waals surface area contributed by atoms with Gasteiger partial charge in [0.05, 0.1) is 12.5 Å². The van der Waals surface area contributed by atoms with E-state index in [-0.39, 0.29) is 11.9 Å². The Balaban J connectivity index is 1.46. The molecule has 4 nitrogen and oxygen atoms in total. The van der Waals surface area contributed by atoms with Crippen molar-refractivity contribution in [2.24, 2.45) is 7.05 Å². The summed E-state index contributed by atoms with van der Waals surface area (Å²) in [4.78, 5) is 15.2. The highest BCUT2D eigenvalue weighted by Gasteiger charge is 2.24. The molecule has 5 heteroatoms. The number of carbonyl (C=O) groups excluding carboxylic acids is 1. The van der Waals surface area contributed by atoms with Gasteiger partial charge in [-0.3, -0.25) is 9.69 Å². The van der Waals surface area contributed by atoms with Crippen LogP contribution in [0.2, 0.25) is 5.02 Å². The molecule has 1 aliphatic rings. The number of para-hydroxylation sites is 1. The van der Waals surface area contributed by atoms with Crippen molar-refractivity contribution in [2.45, 2.75) is 25.3 Å². The van der Waals surface area contributed by atoms with Gasteiger partial charge in [0.2, 0.25) is 5.91 Å². The highest BCUT2D eigenvalue weighted by molar-refractivity contribution is 6.30. The molecule has 1 aromatic heterocycles. The highest BCUT2D eigenvalue weighted by atomic mass is 35.5. The zero-order valence-electron chi connectivity index (χ0n) is 16.2. The lowest BCUT2D eigenvalue weighted by Crippen LogP contribution is -2.37. The summed E-state index contributed by atoms with van der Waals surface area (Å²) in [5.74, 6) is 0.0579. The van der Waals surface area contributed by atoms with Crippen LogP contribution in [0.15, 0.2) is 54.7 Å². The van der Waals surface area contributed by atoms with E-state index in [1.807, 2.05) is 37.4 Å². The Morgan fingerprint density at radius 2 is 1.93 bits per heavy atom. The maximum Gasteiger partial charge on any atom is 0.224 e. The molecule has 1 atom stereocenters. The van der Waals surface area contributed by atoms with Gasteiger partial charge in [0, 0.05) is 35.7 Å². The number of hydrogen-bond donors (Lipinski definition) is 1. The third-order valence-electron chi connectivity index (χ3n) is 5.64. The smallest absolute Gasteiger partial charge is 0.224 e. The van der Waals surface area contributed by atoms with Gasteiger partial charge in [-0.25, -0.2) is 0 Å². The largest absolute Gasteiger partial charge is 0.354 e. The number of fused-ring (bicyclic) bond motifs is 1. The fourth-order valence-electron chi connectivity index (χ4n) is 4.24. The predicted octanol–water partition coefficient (Wildman–Crippen LogP) is 4.33. The molecule has 0 spiro atoms. The van der Waals surface area contributed by atoms with Crippen LogP contribution in [0.3, 0.4) is 0 Å². The van der Waals surface area contributed by atoms with Gasteiger partial charge in [0.15, 0.2) is 0 Å². The third-order valence-corrected chi connectivity index (χ3v) is 5.87. The van der Waals surface area contributed by atoms with Crippen LogP contribution in [0, 0.1) is 0 Å². The molecule has 1 fully saturated rings. The second-order valence-corrected chi connectivity index (χ2v) is 8.01. The SMILES string of the molecule is Cn1cc(CC(=O)NCC(c2cccc(Cl)c2)N2CCCC2)c2ccccc21. The lowest BCUT2D eigenvalue weighted by Gasteiger charge is -2.28. The summed E-state index contributed by atoms with van der Waals surface area (Å²) in [5.41, 5.74) is 3.38. The number of halogens is 1. The second kappa shape index (κ2) is 8.38. The van der Waals surface area contributed by atoms with E-state index in [0.29, 0.717) is 13.0 Å². The first kappa shape index (κ1) is 19.0. The van der Waals surface area contributed by atoms with E-state index < -0.39 is 0 Å². The normalized spacial score (nSPS) is 15.8. The Morgan fingerprint density at radius 3 is 2.71 bits per heavy atom. The van der Waals surface area contributed by atoms with Gasteiger partial charge in [-0.15, -0.1) is 0 Å². The van der Waals surface area contributed by atoms with Crippen LogP contribution < -0.4 is 5.32 Å². The highest BCUT2D eigenvalue weighted by Crippen LogP contribution is 2.26. The van der Waals surface area contributed by atoms with E-state index in [4.69, 9.17) is 11.6 Å². The number of aromatic nitrogens is 1. The van der Waals surface area contributed by atoms with Crippen molar-refractivity contribution in [3.05, 3.63) is 70.9 Å². The van der Waals surface area contributed by atoms with Crippen LogP contribution in [0.4, 0.5) is 0 Å². The minimum absolute atomic E-state index is 0.0579. The number of rotatable bonds is 6. The van der Waals surface area contributed by atoms with E-state index >= 15 is 0 Å². The summed E-state index contributed by atoms with van der Waals surface area (Å²) >= 11 is 6.22. The van der Waals surface area contributed by atoms with Gasteiger partial charge in [0.25, 0.3) is 0 Å². The number of carbonyl (C=O) groups is 1. The molecule has 28 heavy (non-hydrogen) atoms. The van der Waals surface area contributed by atoms with Crippen LogP contribution in [-0.4, -0.2) is 35.0 Å². The van der Waals surface area contributed by atoms with Gasteiger partial charge in [-0.1, -0.05) is 41.9 Å². The molecule has 1 saturated heterocycles. The van der Waals surface area contributed by atoms with Crippen molar-refractivity contribution >= 4 is 28.4 Å². The molecule has 0 saturated carbocycles. The zero-order valence-corrected chi connectivity index (χ0v) is 17.0. The van der Waals surface area contributed by atoms with Crippen molar-refractivity contribution in [3.63, 3.8) is 0 Å². The first-order valence-electron chi connectivity index (χ1n) is 9.91. The summed E-state index contributed by atoms with van der Waals surface area (Å²) in [5, 5.41) is 5.05. The molecular formula is C23H26ClN3O. The Morgan fingerprint density at radius 1 is 1.14 bits per heavy atom. The standard InChI is InChI=1S/C23H26ClN3O/c1-26-16-18(20-9-2-3-10-21(20)26)14-23(28)25-15-22(27-11-4-5-12-27)17-7-6-8-19(24)13-17/h2-3,6-10,13,16,22H,4-5,11-12,14-15H2,1H3,(H,25,28). The minimum atomic E-state index is 0.0579. The van der Waals surface area contributed by atoms with Crippen LogP contribution in [0.5, 0.6) is 0 Å². The first-order chi connectivity index (χ1) is 13.6. The molecule has 0 radical (unpaired) electrons. The molecule has 1 N–H and O–H groups in total. The van der Waals surface area contributed by atoms with Crippen LogP contribution >= 0.6 is 11.6 Å². The Bertz CT molecular complexity index is 975. The Hall–Kier alpha value is -2.30. The van der Waals surface area contributed by atoms with Gasteiger partial charge < -0.3 is 9.88 Å². The summed E-state index contributed by atoms with van der Waals surface area (Å²) in [7, 11) is 2.02. The summed E-state index contributed by atoms with van der Waals surface area (Å²) in [6.07, 6.45) is 4.87. The van der Waals surface area contributed by atoms with E-state index in [0.717, 1.165) is 34.6 Å². The first-order valence-corrected chi connectivity index (χ1v) is 10.3. The average Bonchev–Trinajstić information content (AvgIpc) is 3.32. The molecule has 146 valence electrons. The molecule has 2 aromatic carbocycles. The van der Waals surface area contributed by atoms with Gasteiger partial charge in [-0.2, -0.15) is 0 Å².